The maximum absolute atomic E-state index is 13.0. The van der Waals surface area contributed by atoms with E-state index in [4.69, 9.17) is 14.2 Å². The Morgan fingerprint density at radius 2 is 1.78 bits per heavy atom. The van der Waals surface area contributed by atoms with Crippen LogP contribution < -0.4 is 9.47 Å². The number of benzene rings is 1. The second-order valence-corrected chi connectivity index (χ2v) is 7.84. The molecule has 2 amide bonds. The van der Waals surface area contributed by atoms with E-state index in [0.717, 1.165) is 0 Å². The van der Waals surface area contributed by atoms with Gasteiger partial charge < -0.3 is 14.2 Å². The highest BCUT2D eigenvalue weighted by molar-refractivity contribution is 8.04. The van der Waals surface area contributed by atoms with Crippen molar-refractivity contribution in [1.82, 2.24) is 4.90 Å². The minimum Gasteiger partial charge on any atom is -0.493 e. The monoisotopic (exact) mass is 393 g/mol. The minimum absolute atomic E-state index is 0.176. The molecule has 7 heteroatoms. The summed E-state index contributed by atoms with van der Waals surface area (Å²) >= 11 is 1.41. The molecule has 2 rings (SSSR count). The summed E-state index contributed by atoms with van der Waals surface area (Å²) in [5.41, 5.74) is 1.08. The average molecular weight is 394 g/mol. The molecule has 6 nitrogen and oxygen atoms in total. The molecule has 0 aliphatic carbocycles. The Morgan fingerprint density at radius 1 is 1.07 bits per heavy atom. The van der Waals surface area contributed by atoms with Gasteiger partial charge in [0.2, 0.25) is 0 Å². The van der Waals surface area contributed by atoms with E-state index in [1.165, 1.54) is 16.7 Å². The number of ether oxygens (including phenoxy) is 3. The van der Waals surface area contributed by atoms with Crippen molar-refractivity contribution in [3.8, 4) is 11.5 Å². The van der Waals surface area contributed by atoms with Crippen LogP contribution in [-0.2, 0) is 14.3 Å². The first-order valence-corrected chi connectivity index (χ1v) is 9.89. The van der Waals surface area contributed by atoms with E-state index in [2.05, 4.69) is 0 Å². The van der Waals surface area contributed by atoms with E-state index in [1.807, 2.05) is 20.8 Å². The van der Waals surface area contributed by atoms with E-state index in [-0.39, 0.29) is 17.1 Å². The lowest BCUT2D eigenvalue weighted by Gasteiger charge is -2.15. The zero-order valence-corrected chi connectivity index (χ0v) is 17.4. The van der Waals surface area contributed by atoms with Crippen molar-refractivity contribution in [1.29, 1.82) is 0 Å². The smallest absolute Gasteiger partial charge is 0.267 e. The zero-order valence-electron chi connectivity index (χ0n) is 16.5. The predicted molar refractivity (Wildman–Crippen MR) is 107 cm³/mol. The lowest BCUT2D eigenvalue weighted by Crippen LogP contribution is -2.33. The molecule has 0 saturated heterocycles. The number of nitrogens with zero attached hydrogens (tertiary/aromatic N) is 1. The van der Waals surface area contributed by atoms with Crippen LogP contribution in [0.1, 0.15) is 32.8 Å². The standard InChI is InChI=1S/C20H27NO5S/c1-6-26-11-7-10-21-19(22)17(18(20(21)23)27-13(2)3)14-8-9-15(24-4)16(12-14)25-5/h8-9,12-13H,6-7,10-11H2,1-5H3. The molecule has 0 spiro atoms. The molecule has 0 aromatic heterocycles. The Morgan fingerprint density at radius 3 is 2.37 bits per heavy atom. The third-order valence-electron chi connectivity index (χ3n) is 4.03. The molecule has 27 heavy (non-hydrogen) atoms. The first-order valence-electron chi connectivity index (χ1n) is 9.01. The van der Waals surface area contributed by atoms with Gasteiger partial charge in [-0.3, -0.25) is 14.5 Å². The molecule has 0 bridgehead atoms. The Bertz CT molecular complexity index is 729. The predicted octanol–water partition coefficient (Wildman–Crippen LogP) is 3.35. The molecule has 0 radical (unpaired) electrons. The first kappa shape index (κ1) is 21.3. The van der Waals surface area contributed by atoms with Gasteiger partial charge in [0, 0.05) is 25.0 Å². The second kappa shape index (κ2) is 9.80. The van der Waals surface area contributed by atoms with Crippen molar-refractivity contribution in [2.24, 2.45) is 0 Å². The number of methoxy groups -OCH3 is 2. The highest BCUT2D eigenvalue weighted by Crippen LogP contribution is 2.40. The fraction of sp³-hybridized carbons (Fsp3) is 0.500. The Balaban J connectivity index is 2.38. The van der Waals surface area contributed by atoms with Crippen molar-refractivity contribution < 1.29 is 23.8 Å². The fourth-order valence-corrected chi connectivity index (χ4v) is 3.82. The van der Waals surface area contributed by atoms with E-state index in [0.29, 0.717) is 53.7 Å². The molecule has 1 aliphatic rings. The summed E-state index contributed by atoms with van der Waals surface area (Å²) < 4.78 is 15.9. The number of amides is 2. The van der Waals surface area contributed by atoms with Gasteiger partial charge in [-0.1, -0.05) is 19.9 Å². The molecule has 1 aromatic carbocycles. The number of carbonyl (C=O) groups excluding carboxylic acids is 2. The summed E-state index contributed by atoms with van der Waals surface area (Å²) in [6.45, 7) is 7.40. The average Bonchev–Trinajstić information content (AvgIpc) is 2.88. The van der Waals surface area contributed by atoms with Gasteiger partial charge in [-0.2, -0.15) is 0 Å². The summed E-state index contributed by atoms with van der Waals surface area (Å²) in [6, 6.07) is 5.27. The van der Waals surface area contributed by atoms with Crippen molar-refractivity contribution in [2.45, 2.75) is 32.4 Å². The lowest BCUT2D eigenvalue weighted by atomic mass is 10.1. The summed E-state index contributed by atoms with van der Waals surface area (Å²) in [5.74, 6) is 0.587. The van der Waals surface area contributed by atoms with E-state index < -0.39 is 0 Å². The number of hydrogen-bond acceptors (Lipinski definition) is 6. The van der Waals surface area contributed by atoms with Crippen molar-refractivity contribution in [3.63, 3.8) is 0 Å². The molecule has 1 aliphatic heterocycles. The van der Waals surface area contributed by atoms with Gasteiger partial charge in [0.1, 0.15) is 0 Å². The Labute approximate surface area is 164 Å². The molecule has 1 heterocycles. The van der Waals surface area contributed by atoms with Gasteiger partial charge in [0.05, 0.1) is 24.7 Å². The highest BCUT2D eigenvalue weighted by atomic mass is 32.2. The van der Waals surface area contributed by atoms with Crippen LogP contribution in [0.4, 0.5) is 0 Å². The fourth-order valence-electron chi connectivity index (χ4n) is 2.82. The van der Waals surface area contributed by atoms with Crippen LogP contribution in [0.15, 0.2) is 23.1 Å². The van der Waals surface area contributed by atoms with Crippen LogP contribution in [0, 0.1) is 0 Å². The maximum Gasteiger partial charge on any atom is 0.267 e. The van der Waals surface area contributed by atoms with Crippen molar-refractivity contribution in [3.05, 3.63) is 28.7 Å². The lowest BCUT2D eigenvalue weighted by molar-refractivity contribution is -0.136. The number of rotatable bonds is 10. The maximum atomic E-state index is 13.0. The van der Waals surface area contributed by atoms with Gasteiger partial charge in [-0.15, -0.1) is 11.8 Å². The number of carbonyl (C=O) groups is 2. The number of imide groups is 1. The van der Waals surface area contributed by atoms with Crippen LogP contribution in [-0.4, -0.2) is 55.9 Å². The SMILES string of the molecule is CCOCCCN1C(=O)C(SC(C)C)=C(c2ccc(OC)c(OC)c2)C1=O. The molecule has 1 aromatic rings. The largest absolute Gasteiger partial charge is 0.493 e. The van der Waals surface area contributed by atoms with Crippen LogP contribution in [0.2, 0.25) is 0 Å². The first-order chi connectivity index (χ1) is 12.9. The van der Waals surface area contributed by atoms with Gasteiger partial charge in [0.25, 0.3) is 11.8 Å². The number of thioether (sulfide) groups is 1. The second-order valence-electron chi connectivity index (χ2n) is 6.25. The highest BCUT2D eigenvalue weighted by Gasteiger charge is 2.39. The Hall–Kier alpha value is -1.99. The summed E-state index contributed by atoms with van der Waals surface area (Å²) in [6.07, 6.45) is 0.615. The van der Waals surface area contributed by atoms with E-state index in [9.17, 15) is 9.59 Å². The topological polar surface area (TPSA) is 65.1 Å². The molecular weight excluding hydrogens is 366 g/mol. The van der Waals surface area contributed by atoms with Crippen LogP contribution in [0.5, 0.6) is 11.5 Å². The van der Waals surface area contributed by atoms with Crippen molar-refractivity contribution in [2.75, 3.05) is 34.0 Å². The molecular formula is C20H27NO5S. The Kier molecular flexibility index (Phi) is 7.74. The number of hydrogen-bond donors (Lipinski definition) is 0. The quantitative estimate of drug-likeness (QED) is 0.449. The summed E-state index contributed by atoms with van der Waals surface area (Å²) in [7, 11) is 3.10. The summed E-state index contributed by atoms with van der Waals surface area (Å²) in [5, 5.41) is 0.176. The molecule has 0 N–H and O–H groups in total. The molecule has 0 saturated carbocycles. The van der Waals surface area contributed by atoms with E-state index >= 15 is 0 Å². The van der Waals surface area contributed by atoms with Crippen LogP contribution in [0.25, 0.3) is 5.57 Å². The van der Waals surface area contributed by atoms with E-state index in [1.54, 1.807) is 32.4 Å². The molecule has 0 unspecified atom stereocenters. The zero-order chi connectivity index (χ0) is 20.0. The minimum atomic E-state index is -0.271. The van der Waals surface area contributed by atoms with Gasteiger partial charge >= 0.3 is 0 Å². The normalized spacial score (nSPS) is 14.5. The van der Waals surface area contributed by atoms with Crippen molar-refractivity contribution >= 4 is 29.1 Å². The third-order valence-corrected chi connectivity index (χ3v) is 5.11. The van der Waals surface area contributed by atoms with Crippen LogP contribution in [0.3, 0.4) is 0 Å². The van der Waals surface area contributed by atoms with Gasteiger partial charge in [0.15, 0.2) is 11.5 Å². The third kappa shape index (κ3) is 4.84. The van der Waals surface area contributed by atoms with Gasteiger partial charge in [-0.25, -0.2) is 0 Å². The molecule has 0 fully saturated rings. The molecule has 0 atom stereocenters. The van der Waals surface area contributed by atoms with Crippen LogP contribution >= 0.6 is 11.8 Å². The van der Waals surface area contributed by atoms with Gasteiger partial charge in [-0.05, 0) is 31.0 Å². The molecule has 148 valence electrons. The summed E-state index contributed by atoms with van der Waals surface area (Å²) in [4.78, 5) is 27.8.